The Morgan fingerprint density at radius 3 is 1.56 bits per heavy atom. The largest absolute Gasteiger partial charge is 0.326 e. The third kappa shape index (κ3) is 7.89. The summed E-state index contributed by atoms with van der Waals surface area (Å²) in [6, 6.07) is 0. The molecule has 0 aliphatic heterocycles. The number of hydrogen-bond donors (Lipinski definition) is 0. The molecule has 0 unspecified atom stereocenters. The maximum atomic E-state index is 5.89. The molecule has 0 aliphatic carbocycles. The Hall–Kier alpha value is 1.44. The van der Waals surface area contributed by atoms with E-state index < -0.39 is 10.0 Å². The van der Waals surface area contributed by atoms with Gasteiger partial charge in [0.2, 0.25) is 6.49 Å². The van der Waals surface area contributed by atoms with Gasteiger partial charge in [0.25, 0.3) is 3.53 Å². The zero-order valence-electron chi connectivity index (χ0n) is 11.0. The predicted octanol–water partition coefficient (Wildman–Crippen LogP) is 6.04. The summed E-state index contributed by atoms with van der Waals surface area (Å²) in [6.45, 7) is 2.37. The van der Waals surface area contributed by atoms with Crippen LogP contribution in [0.25, 0.3) is 0 Å². The minimum Gasteiger partial charge on any atom is -0.326 e. The molecule has 0 bridgehead atoms. The molecular weight excluding hydrogens is 334 g/mol. The minimum absolute atomic E-state index is 0.493. The van der Waals surface area contributed by atoms with Crippen LogP contribution in [0.3, 0.4) is 0 Å². The summed E-state index contributed by atoms with van der Waals surface area (Å²) in [4.78, 5) is 0. The second-order valence-corrected chi connectivity index (χ2v) is 10.7. The first-order valence-corrected chi connectivity index (χ1v) is 10.1. The van der Waals surface area contributed by atoms with Gasteiger partial charge in [-0.15, -0.1) is 0 Å². The van der Waals surface area contributed by atoms with Crippen molar-refractivity contribution in [2.75, 3.05) is 13.2 Å². The standard InChI is InChI=1S/C11H22Cl3O2PS/c1-3-5-7-9-15-17(18,11(12,13)14)16-10-8-6-4-2/h3-10H2,1-2H3. The molecule has 2 nitrogen and oxygen atoms in total. The average Bonchev–Trinajstić information content (AvgIpc) is 2.29. The molecule has 0 radical (unpaired) electrons. The number of alkyl halides is 3. The van der Waals surface area contributed by atoms with Crippen molar-refractivity contribution in [1.29, 1.82) is 0 Å². The fraction of sp³-hybridized carbons (Fsp3) is 1.00. The molecule has 110 valence electrons. The van der Waals surface area contributed by atoms with Crippen LogP contribution in [0.15, 0.2) is 0 Å². The SMILES string of the molecule is CCCCCOP(=S)(OCCCCC)C(Cl)(Cl)Cl. The quantitative estimate of drug-likeness (QED) is 0.270. The highest BCUT2D eigenvalue weighted by Crippen LogP contribution is 2.67. The highest BCUT2D eigenvalue weighted by atomic mass is 35.6. The van der Waals surface area contributed by atoms with Gasteiger partial charge in [-0.1, -0.05) is 74.3 Å². The highest BCUT2D eigenvalue weighted by Gasteiger charge is 2.42. The predicted molar refractivity (Wildman–Crippen MR) is 85.5 cm³/mol. The van der Waals surface area contributed by atoms with Crippen molar-refractivity contribution < 1.29 is 9.05 Å². The van der Waals surface area contributed by atoms with Crippen molar-refractivity contribution in [2.24, 2.45) is 0 Å². The van der Waals surface area contributed by atoms with E-state index in [1.807, 2.05) is 0 Å². The summed E-state index contributed by atoms with van der Waals surface area (Å²) in [5.74, 6) is 0. The number of unbranched alkanes of at least 4 members (excludes halogenated alkanes) is 4. The Kier molecular flexibility index (Phi) is 11.0. The van der Waals surface area contributed by atoms with Crippen LogP contribution >= 0.6 is 41.3 Å². The molecule has 0 amide bonds. The monoisotopic (exact) mass is 354 g/mol. The van der Waals surface area contributed by atoms with Crippen molar-refractivity contribution in [1.82, 2.24) is 0 Å². The van der Waals surface area contributed by atoms with E-state index in [-0.39, 0.29) is 0 Å². The number of rotatable bonds is 10. The lowest BCUT2D eigenvalue weighted by molar-refractivity contribution is 0.238. The third-order valence-corrected chi connectivity index (χ3v) is 8.35. The van der Waals surface area contributed by atoms with Crippen molar-refractivity contribution in [3.63, 3.8) is 0 Å². The average molecular weight is 356 g/mol. The second-order valence-electron chi connectivity index (χ2n) is 4.05. The normalized spacial score (nSPS) is 12.9. The smallest absolute Gasteiger partial charge is 0.265 e. The van der Waals surface area contributed by atoms with Crippen LogP contribution in [0.2, 0.25) is 0 Å². The Morgan fingerprint density at radius 2 is 1.28 bits per heavy atom. The summed E-state index contributed by atoms with van der Waals surface area (Å²) >= 11 is 23.0. The van der Waals surface area contributed by atoms with E-state index in [0.29, 0.717) is 13.2 Å². The Morgan fingerprint density at radius 1 is 0.889 bits per heavy atom. The molecule has 0 fully saturated rings. The second kappa shape index (κ2) is 10.2. The molecule has 0 saturated carbocycles. The van der Waals surface area contributed by atoms with Gasteiger partial charge < -0.3 is 9.05 Å². The van der Waals surface area contributed by atoms with Crippen LogP contribution in [-0.2, 0) is 20.9 Å². The van der Waals surface area contributed by atoms with E-state index in [2.05, 4.69) is 13.8 Å². The van der Waals surface area contributed by atoms with Crippen molar-refractivity contribution in [3.8, 4) is 0 Å². The van der Waals surface area contributed by atoms with Gasteiger partial charge in [-0.25, -0.2) is 0 Å². The number of hydrogen-bond acceptors (Lipinski definition) is 3. The van der Waals surface area contributed by atoms with E-state index in [1.165, 1.54) is 0 Å². The number of halogens is 3. The van der Waals surface area contributed by atoms with Crippen LogP contribution < -0.4 is 0 Å². The van der Waals surface area contributed by atoms with Gasteiger partial charge in [-0.2, -0.15) is 0 Å². The van der Waals surface area contributed by atoms with Gasteiger partial charge in [0.05, 0.1) is 13.2 Å². The van der Waals surface area contributed by atoms with E-state index >= 15 is 0 Å². The first-order valence-electron chi connectivity index (χ1n) is 6.33. The van der Waals surface area contributed by atoms with E-state index in [9.17, 15) is 0 Å². The van der Waals surface area contributed by atoms with Crippen molar-refractivity contribution in [2.45, 2.75) is 55.9 Å². The lowest BCUT2D eigenvalue weighted by atomic mass is 10.3. The maximum absolute atomic E-state index is 5.89. The van der Waals surface area contributed by atoms with Crippen LogP contribution in [0, 0.1) is 0 Å². The summed E-state index contributed by atoms with van der Waals surface area (Å²) in [7, 11) is 0. The fourth-order valence-corrected chi connectivity index (χ4v) is 3.69. The Labute approximate surface area is 131 Å². The Balaban J connectivity index is 4.23. The van der Waals surface area contributed by atoms with E-state index in [1.54, 1.807) is 0 Å². The third-order valence-electron chi connectivity index (χ3n) is 2.33. The van der Waals surface area contributed by atoms with Crippen LogP contribution in [0.5, 0.6) is 0 Å². The van der Waals surface area contributed by atoms with Gasteiger partial charge >= 0.3 is 0 Å². The van der Waals surface area contributed by atoms with Crippen LogP contribution in [-0.4, -0.2) is 16.7 Å². The molecule has 0 saturated heterocycles. The summed E-state index contributed by atoms with van der Waals surface area (Å²) < 4.78 is 9.52. The van der Waals surface area contributed by atoms with Gasteiger partial charge in [0.1, 0.15) is 0 Å². The van der Waals surface area contributed by atoms with E-state index in [4.69, 9.17) is 55.7 Å². The molecule has 0 aliphatic rings. The highest BCUT2D eigenvalue weighted by molar-refractivity contribution is 8.12. The van der Waals surface area contributed by atoms with E-state index in [0.717, 1.165) is 38.5 Å². The molecule has 7 heteroatoms. The van der Waals surface area contributed by atoms with Crippen LogP contribution in [0.1, 0.15) is 52.4 Å². The minimum atomic E-state index is -2.85. The molecule has 18 heavy (non-hydrogen) atoms. The molecular formula is C11H22Cl3O2PS. The van der Waals surface area contributed by atoms with Crippen molar-refractivity contribution >= 4 is 53.1 Å². The first kappa shape index (κ1) is 19.4. The van der Waals surface area contributed by atoms with Crippen molar-refractivity contribution in [3.05, 3.63) is 0 Å². The molecule has 0 rings (SSSR count). The molecule has 0 N–H and O–H groups in total. The summed E-state index contributed by atoms with van der Waals surface area (Å²) in [5, 5.41) is 0. The zero-order valence-corrected chi connectivity index (χ0v) is 14.9. The summed E-state index contributed by atoms with van der Waals surface area (Å²) in [6.07, 6.45) is 6.19. The fourth-order valence-electron chi connectivity index (χ4n) is 1.26. The molecule has 0 spiro atoms. The molecule has 0 aromatic heterocycles. The van der Waals surface area contributed by atoms with Crippen LogP contribution in [0.4, 0.5) is 0 Å². The lowest BCUT2D eigenvalue weighted by Gasteiger charge is -2.28. The van der Waals surface area contributed by atoms with Gasteiger partial charge in [0, 0.05) is 0 Å². The molecule has 0 aromatic carbocycles. The molecule has 0 atom stereocenters. The zero-order chi connectivity index (χ0) is 14.1. The maximum Gasteiger partial charge on any atom is 0.265 e. The lowest BCUT2D eigenvalue weighted by Crippen LogP contribution is -2.11. The first-order chi connectivity index (χ1) is 8.37. The molecule has 0 heterocycles. The summed E-state index contributed by atoms with van der Waals surface area (Å²) in [5.41, 5.74) is 0. The van der Waals surface area contributed by atoms with Gasteiger partial charge in [-0.3, -0.25) is 0 Å². The Bertz CT molecular complexity index is 243. The van der Waals surface area contributed by atoms with Gasteiger partial charge in [0.15, 0.2) is 0 Å². The van der Waals surface area contributed by atoms with Gasteiger partial charge in [-0.05, 0) is 24.6 Å². The topological polar surface area (TPSA) is 18.5 Å². The molecule has 0 aromatic rings.